The van der Waals surface area contributed by atoms with Crippen LogP contribution in [-0.2, 0) is 4.74 Å². The Morgan fingerprint density at radius 1 is 1.25 bits per heavy atom. The van der Waals surface area contributed by atoms with Crippen LogP contribution >= 0.6 is 0 Å². The molecule has 4 nitrogen and oxygen atoms in total. The lowest BCUT2D eigenvalue weighted by Gasteiger charge is -2.13. The number of aryl methyl sites for hydroxylation is 2. The highest BCUT2D eigenvalue weighted by molar-refractivity contribution is 6.04. The molecule has 0 radical (unpaired) electrons. The van der Waals surface area contributed by atoms with Gasteiger partial charge >= 0.3 is 0 Å². The Kier molecular flexibility index (Phi) is 5.16. The van der Waals surface area contributed by atoms with Gasteiger partial charge in [0.25, 0.3) is 5.91 Å². The maximum atomic E-state index is 12.5. The molecule has 3 rings (SSSR count). The smallest absolute Gasteiger partial charge is 0.255 e. The van der Waals surface area contributed by atoms with E-state index in [0.29, 0.717) is 17.9 Å². The van der Waals surface area contributed by atoms with Gasteiger partial charge in [-0.05, 0) is 56.5 Å². The second kappa shape index (κ2) is 7.49. The molecule has 1 amide bonds. The van der Waals surface area contributed by atoms with Crippen LogP contribution in [0.4, 0.5) is 5.69 Å². The zero-order valence-corrected chi connectivity index (χ0v) is 14.2. The largest absolute Gasteiger partial charge is 0.491 e. The minimum Gasteiger partial charge on any atom is -0.491 e. The highest BCUT2D eigenvalue weighted by Gasteiger charge is 2.16. The summed E-state index contributed by atoms with van der Waals surface area (Å²) in [4.78, 5) is 12.5. The van der Waals surface area contributed by atoms with Crippen molar-refractivity contribution in [3.05, 3.63) is 59.2 Å². The molecule has 0 spiro atoms. The first-order valence-electron chi connectivity index (χ1n) is 8.35. The van der Waals surface area contributed by atoms with Gasteiger partial charge < -0.3 is 14.8 Å². The molecule has 0 saturated carbocycles. The summed E-state index contributed by atoms with van der Waals surface area (Å²) in [6, 6.07) is 13.2. The van der Waals surface area contributed by atoms with E-state index in [9.17, 15) is 4.79 Å². The zero-order chi connectivity index (χ0) is 16.9. The number of rotatable bonds is 5. The summed E-state index contributed by atoms with van der Waals surface area (Å²) in [7, 11) is 0. The van der Waals surface area contributed by atoms with Gasteiger partial charge in [-0.3, -0.25) is 4.79 Å². The SMILES string of the molecule is Cc1ccc(NC(=O)c2cccc(OC[C@H]3CCCO3)c2)c(C)c1. The monoisotopic (exact) mass is 325 g/mol. The first-order chi connectivity index (χ1) is 11.6. The molecular formula is C20H23NO3. The molecule has 0 aliphatic carbocycles. The predicted octanol–water partition coefficient (Wildman–Crippen LogP) is 4.11. The fraction of sp³-hybridized carbons (Fsp3) is 0.350. The normalized spacial score (nSPS) is 16.8. The number of hydrogen-bond acceptors (Lipinski definition) is 3. The Hall–Kier alpha value is -2.33. The lowest BCUT2D eigenvalue weighted by molar-refractivity contribution is 0.0679. The van der Waals surface area contributed by atoms with E-state index in [0.717, 1.165) is 30.7 Å². The fourth-order valence-electron chi connectivity index (χ4n) is 2.84. The van der Waals surface area contributed by atoms with E-state index in [1.807, 2.05) is 38.1 Å². The zero-order valence-electron chi connectivity index (χ0n) is 14.2. The van der Waals surface area contributed by atoms with E-state index in [-0.39, 0.29) is 12.0 Å². The van der Waals surface area contributed by atoms with Crippen LogP contribution in [0.25, 0.3) is 0 Å². The third-order valence-electron chi connectivity index (χ3n) is 4.19. The quantitative estimate of drug-likeness (QED) is 0.900. The maximum absolute atomic E-state index is 12.5. The molecule has 0 aromatic heterocycles. The van der Waals surface area contributed by atoms with Crippen molar-refractivity contribution in [2.75, 3.05) is 18.5 Å². The third-order valence-corrected chi connectivity index (χ3v) is 4.19. The maximum Gasteiger partial charge on any atom is 0.255 e. The number of hydrogen-bond donors (Lipinski definition) is 1. The molecule has 1 atom stereocenters. The van der Waals surface area contributed by atoms with Crippen LogP contribution < -0.4 is 10.1 Å². The molecule has 0 unspecified atom stereocenters. The molecule has 1 heterocycles. The molecule has 1 aliphatic rings. The summed E-state index contributed by atoms with van der Waals surface area (Å²) in [5, 5.41) is 2.96. The van der Waals surface area contributed by atoms with Crippen LogP contribution in [0.1, 0.15) is 34.3 Å². The van der Waals surface area contributed by atoms with Crippen molar-refractivity contribution < 1.29 is 14.3 Å². The third kappa shape index (κ3) is 4.15. The van der Waals surface area contributed by atoms with E-state index >= 15 is 0 Å². The van der Waals surface area contributed by atoms with Gasteiger partial charge in [-0.2, -0.15) is 0 Å². The minimum absolute atomic E-state index is 0.135. The van der Waals surface area contributed by atoms with Crippen molar-refractivity contribution in [3.63, 3.8) is 0 Å². The van der Waals surface area contributed by atoms with Crippen LogP contribution in [-0.4, -0.2) is 25.2 Å². The summed E-state index contributed by atoms with van der Waals surface area (Å²) in [5.41, 5.74) is 3.64. The molecule has 4 heteroatoms. The number of ether oxygens (including phenoxy) is 2. The summed E-state index contributed by atoms with van der Waals surface area (Å²) in [6.07, 6.45) is 2.29. The van der Waals surface area contributed by atoms with E-state index < -0.39 is 0 Å². The number of carbonyl (C=O) groups excluding carboxylic acids is 1. The van der Waals surface area contributed by atoms with Gasteiger partial charge in [0.15, 0.2) is 0 Å². The van der Waals surface area contributed by atoms with Gasteiger partial charge in [0.05, 0.1) is 6.10 Å². The van der Waals surface area contributed by atoms with Crippen molar-refractivity contribution >= 4 is 11.6 Å². The average Bonchev–Trinajstić information content (AvgIpc) is 3.09. The Morgan fingerprint density at radius 2 is 2.12 bits per heavy atom. The van der Waals surface area contributed by atoms with Gasteiger partial charge in [-0.1, -0.05) is 23.8 Å². The van der Waals surface area contributed by atoms with Crippen LogP contribution in [0, 0.1) is 13.8 Å². The molecule has 1 saturated heterocycles. The second-order valence-electron chi connectivity index (χ2n) is 6.25. The Bertz CT molecular complexity index is 721. The van der Waals surface area contributed by atoms with Crippen LogP contribution in [0.15, 0.2) is 42.5 Å². The number of amides is 1. The second-order valence-corrected chi connectivity index (χ2v) is 6.25. The van der Waals surface area contributed by atoms with Gasteiger partial charge in [0, 0.05) is 17.9 Å². The Balaban J connectivity index is 1.65. The van der Waals surface area contributed by atoms with E-state index in [2.05, 4.69) is 11.4 Å². The predicted molar refractivity (Wildman–Crippen MR) is 94.8 cm³/mol. The van der Waals surface area contributed by atoms with E-state index in [1.165, 1.54) is 5.56 Å². The topological polar surface area (TPSA) is 47.6 Å². The molecule has 2 aromatic carbocycles. The van der Waals surface area contributed by atoms with Gasteiger partial charge in [-0.25, -0.2) is 0 Å². The molecule has 24 heavy (non-hydrogen) atoms. The molecule has 1 aliphatic heterocycles. The molecule has 0 bridgehead atoms. The van der Waals surface area contributed by atoms with Crippen LogP contribution in [0.5, 0.6) is 5.75 Å². The number of benzene rings is 2. The van der Waals surface area contributed by atoms with Crippen LogP contribution in [0.3, 0.4) is 0 Å². The highest BCUT2D eigenvalue weighted by Crippen LogP contribution is 2.20. The number of carbonyl (C=O) groups is 1. The highest BCUT2D eigenvalue weighted by atomic mass is 16.5. The standard InChI is InChI=1S/C20H23NO3/c1-14-8-9-19(15(2)11-14)21-20(22)16-5-3-6-17(12-16)24-13-18-7-4-10-23-18/h3,5-6,8-9,11-12,18H,4,7,10,13H2,1-2H3,(H,21,22)/t18-/m1/s1. The first-order valence-corrected chi connectivity index (χ1v) is 8.35. The fourth-order valence-corrected chi connectivity index (χ4v) is 2.84. The van der Waals surface area contributed by atoms with E-state index in [4.69, 9.17) is 9.47 Å². The summed E-state index contributed by atoms with van der Waals surface area (Å²) in [5.74, 6) is 0.559. The van der Waals surface area contributed by atoms with E-state index in [1.54, 1.807) is 12.1 Å². The van der Waals surface area contributed by atoms with Crippen molar-refractivity contribution in [3.8, 4) is 5.75 Å². The van der Waals surface area contributed by atoms with Crippen molar-refractivity contribution in [2.45, 2.75) is 32.8 Å². The summed E-state index contributed by atoms with van der Waals surface area (Å²) < 4.78 is 11.3. The van der Waals surface area contributed by atoms with Gasteiger partial charge in [0.2, 0.25) is 0 Å². The average molecular weight is 325 g/mol. The first kappa shape index (κ1) is 16.5. The summed E-state index contributed by atoms with van der Waals surface area (Å²) >= 11 is 0. The van der Waals surface area contributed by atoms with Crippen molar-refractivity contribution in [2.24, 2.45) is 0 Å². The lowest BCUT2D eigenvalue weighted by Crippen LogP contribution is -2.17. The lowest BCUT2D eigenvalue weighted by atomic mass is 10.1. The van der Waals surface area contributed by atoms with Gasteiger partial charge in [0.1, 0.15) is 12.4 Å². The molecular weight excluding hydrogens is 302 g/mol. The Labute approximate surface area is 142 Å². The van der Waals surface area contributed by atoms with Gasteiger partial charge in [-0.15, -0.1) is 0 Å². The summed E-state index contributed by atoms with van der Waals surface area (Å²) in [6.45, 7) is 5.37. The Morgan fingerprint density at radius 3 is 2.88 bits per heavy atom. The molecule has 126 valence electrons. The van der Waals surface area contributed by atoms with Crippen LogP contribution in [0.2, 0.25) is 0 Å². The molecule has 2 aromatic rings. The van der Waals surface area contributed by atoms with Crippen molar-refractivity contribution in [1.29, 1.82) is 0 Å². The molecule has 1 N–H and O–H groups in total. The minimum atomic E-state index is -0.135. The molecule has 1 fully saturated rings. The number of nitrogens with one attached hydrogen (secondary N) is 1. The van der Waals surface area contributed by atoms with Crippen molar-refractivity contribution in [1.82, 2.24) is 0 Å². The number of anilines is 1.